The van der Waals surface area contributed by atoms with E-state index in [2.05, 4.69) is 5.32 Å². The highest BCUT2D eigenvalue weighted by Gasteiger charge is 2.27. The van der Waals surface area contributed by atoms with Gasteiger partial charge in [0, 0.05) is 40.3 Å². The van der Waals surface area contributed by atoms with Gasteiger partial charge in [-0.15, -0.1) is 0 Å². The zero-order valence-electron chi connectivity index (χ0n) is 14.5. The standard InChI is InChI=1S/C20H20Cl2N2O2/c1-13-2-7-17(12-18(13)22)23-19(25)14-8-10-24(11-9-14)20(26)15-3-5-16(21)6-4-15/h2-7,12,14H,8-11H2,1H3,(H,23,25). The lowest BCUT2D eigenvalue weighted by atomic mass is 9.95. The fourth-order valence-electron chi connectivity index (χ4n) is 3.03. The number of carbonyl (C=O) groups excluding carboxylic acids is 2. The molecule has 4 nitrogen and oxygen atoms in total. The van der Waals surface area contributed by atoms with Gasteiger partial charge in [0.1, 0.15) is 0 Å². The largest absolute Gasteiger partial charge is 0.339 e. The van der Waals surface area contributed by atoms with E-state index in [0.29, 0.717) is 47.2 Å². The van der Waals surface area contributed by atoms with Crippen LogP contribution in [-0.4, -0.2) is 29.8 Å². The average molecular weight is 391 g/mol. The highest BCUT2D eigenvalue weighted by Crippen LogP contribution is 2.24. The van der Waals surface area contributed by atoms with E-state index < -0.39 is 0 Å². The minimum Gasteiger partial charge on any atom is -0.339 e. The molecule has 2 aromatic carbocycles. The second-order valence-electron chi connectivity index (χ2n) is 6.53. The number of piperidine rings is 1. The Labute approximate surface area is 163 Å². The Morgan fingerprint density at radius 3 is 2.31 bits per heavy atom. The van der Waals surface area contributed by atoms with Gasteiger partial charge in [0.2, 0.25) is 5.91 Å². The molecule has 2 amide bonds. The molecule has 136 valence electrons. The van der Waals surface area contributed by atoms with Crippen molar-refractivity contribution in [3.05, 3.63) is 63.6 Å². The first-order chi connectivity index (χ1) is 12.4. The van der Waals surface area contributed by atoms with Crippen molar-refractivity contribution >= 4 is 40.7 Å². The van der Waals surface area contributed by atoms with Gasteiger partial charge >= 0.3 is 0 Å². The third kappa shape index (κ3) is 4.37. The number of halogens is 2. The quantitative estimate of drug-likeness (QED) is 0.818. The number of carbonyl (C=O) groups is 2. The molecule has 1 N–H and O–H groups in total. The summed E-state index contributed by atoms with van der Waals surface area (Å²) in [5, 5.41) is 4.16. The summed E-state index contributed by atoms with van der Waals surface area (Å²) in [6.45, 7) is 3.05. The lowest BCUT2D eigenvalue weighted by Gasteiger charge is -2.31. The summed E-state index contributed by atoms with van der Waals surface area (Å²) in [4.78, 5) is 26.8. The maximum Gasteiger partial charge on any atom is 0.253 e. The van der Waals surface area contributed by atoms with Gasteiger partial charge < -0.3 is 10.2 Å². The van der Waals surface area contributed by atoms with Crippen LogP contribution in [0.3, 0.4) is 0 Å². The smallest absolute Gasteiger partial charge is 0.253 e. The lowest BCUT2D eigenvalue weighted by Crippen LogP contribution is -2.41. The number of anilines is 1. The van der Waals surface area contributed by atoms with Gasteiger partial charge in [0.05, 0.1) is 0 Å². The summed E-state index contributed by atoms with van der Waals surface area (Å²) >= 11 is 12.0. The van der Waals surface area contributed by atoms with Crippen molar-refractivity contribution in [2.45, 2.75) is 19.8 Å². The molecule has 0 aliphatic carbocycles. The molecule has 0 spiro atoms. The summed E-state index contributed by atoms with van der Waals surface area (Å²) in [6.07, 6.45) is 1.29. The Bertz CT molecular complexity index is 813. The van der Waals surface area contributed by atoms with Crippen LogP contribution in [0.25, 0.3) is 0 Å². The second-order valence-corrected chi connectivity index (χ2v) is 7.37. The molecule has 0 aromatic heterocycles. The number of rotatable bonds is 3. The molecule has 3 rings (SSSR count). The first-order valence-electron chi connectivity index (χ1n) is 8.56. The Kier molecular flexibility index (Phi) is 5.84. The molecule has 26 heavy (non-hydrogen) atoms. The van der Waals surface area contributed by atoms with E-state index >= 15 is 0 Å². The number of hydrogen-bond acceptors (Lipinski definition) is 2. The van der Waals surface area contributed by atoms with Crippen molar-refractivity contribution in [1.82, 2.24) is 4.90 Å². The SMILES string of the molecule is Cc1ccc(NC(=O)C2CCN(C(=O)c3ccc(Cl)cc3)CC2)cc1Cl. The molecule has 6 heteroatoms. The molecule has 1 aliphatic rings. The maximum atomic E-state index is 12.5. The maximum absolute atomic E-state index is 12.5. The van der Waals surface area contributed by atoms with Crippen LogP contribution in [0, 0.1) is 12.8 Å². The first kappa shape index (κ1) is 18.7. The normalized spacial score (nSPS) is 15.0. The van der Waals surface area contributed by atoms with Crippen LogP contribution in [0.15, 0.2) is 42.5 Å². The van der Waals surface area contributed by atoms with Crippen molar-refractivity contribution in [3.63, 3.8) is 0 Å². The summed E-state index contributed by atoms with van der Waals surface area (Å²) < 4.78 is 0. The monoisotopic (exact) mass is 390 g/mol. The van der Waals surface area contributed by atoms with Crippen LogP contribution in [0.5, 0.6) is 0 Å². The fraction of sp³-hybridized carbons (Fsp3) is 0.300. The zero-order valence-corrected chi connectivity index (χ0v) is 16.0. The minimum atomic E-state index is -0.107. The van der Waals surface area contributed by atoms with Crippen molar-refractivity contribution in [3.8, 4) is 0 Å². The molecule has 1 saturated heterocycles. The van der Waals surface area contributed by atoms with Gasteiger partial charge in [-0.25, -0.2) is 0 Å². The van der Waals surface area contributed by atoms with Crippen LogP contribution < -0.4 is 5.32 Å². The Morgan fingerprint density at radius 1 is 1.04 bits per heavy atom. The molecule has 0 atom stereocenters. The van der Waals surface area contributed by atoms with E-state index in [4.69, 9.17) is 23.2 Å². The summed E-state index contributed by atoms with van der Waals surface area (Å²) in [6, 6.07) is 12.4. The Hall–Kier alpha value is -2.04. The molecule has 1 aliphatic heterocycles. The van der Waals surface area contributed by atoms with E-state index in [1.807, 2.05) is 19.1 Å². The number of amides is 2. The number of nitrogens with one attached hydrogen (secondary N) is 1. The van der Waals surface area contributed by atoms with E-state index in [-0.39, 0.29) is 17.7 Å². The molecule has 0 radical (unpaired) electrons. The molecule has 0 unspecified atom stereocenters. The van der Waals surface area contributed by atoms with Crippen LogP contribution in [0.1, 0.15) is 28.8 Å². The third-order valence-electron chi connectivity index (χ3n) is 4.68. The highest BCUT2D eigenvalue weighted by atomic mass is 35.5. The number of hydrogen-bond donors (Lipinski definition) is 1. The van der Waals surface area contributed by atoms with Gasteiger partial charge in [-0.3, -0.25) is 9.59 Å². The molecule has 1 fully saturated rings. The van der Waals surface area contributed by atoms with Crippen LogP contribution in [0.2, 0.25) is 10.0 Å². The van der Waals surface area contributed by atoms with Gasteiger partial charge in [-0.1, -0.05) is 29.3 Å². The van der Waals surface area contributed by atoms with E-state index in [1.54, 1.807) is 35.2 Å². The predicted octanol–water partition coefficient (Wildman–Crippen LogP) is 4.79. The average Bonchev–Trinajstić information content (AvgIpc) is 2.65. The van der Waals surface area contributed by atoms with Crippen LogP contribution in [0.4, 0.5) is 5.69 Å². The number of benzene rings is 2. The molecule has 1 heterocycles. The van der Waals surface area contributed by atoms with Crippen molar-refractivity contribution in [2.75, 3.05) is 18.4 Å². The van der Waals surface area contributed by atoms with Crippen molar-refractivity contribution in [1.29, 1.82) is 0 Å². The number of aryl methyl sites for hydroxylation is 1. The number of nitrogens with zero attached hydrogens (tertiary/aromatic N) is 1. The highest BCUT2D eigenvalue weighted by molar-refractivity contribution is 6.31. The predicted molar refractivity (Wildman–Crippen MR) is 105 cm³/mol. The molecular weight excluding hydrogens is 371 g/mol. The molecule has 0 saturated carbocycles. The summed E-state index contributed by atoms with van der Waals surface area (Å²) in [5.74, 6) is -0.154. The zero-order chi connectivity index (χ0) is 18.7. The van der Waals surface area contributed by atoms with Crippen LogP contribution >= 0.6 is 23.2 Å². The van der Waals surface area contributed by atoms with Gasteiger partial charge in [0.25, 0.3) is 5.91 Å². The van der Waals surface area contributed by atoms with Gasteiger partial charge in [-0.2, -0.15) is 0 Å². The van der Waals surface area contributed by atoms with Crippen molar-refractivity contribution < 1.29 is 9.59 Å². The second kappa shape index (κ2) is 8.11. The fourth-order valence-corrected chi connectivity index (χ4v) is 3.34. The number of likely N-dealkylation sites (tertiary alicyclic amines) is 1. The first-order valence-corrected chi connectivity index (χ1v) is 9.31. The summed E-state index contributed by atoms with van der Waals surface area (Å²) in [7, 11) is 0. The van der Waals surface area contributed by atoms with Crippen molar-refractivity contribution in [2.24, 2.45) is 5.92 Å². The van der Waals surface area contributed by atoms with E-state index in [9.17, 15) is 9.59 Å². The van der Waals surface area contributed by atoms with Gasteiger partial charge in [-0.05, 0) is 61.7 Å². The lowest BCUT2D eigenvalue weighted by molar-refractivity contribution is -0.121. The molecule has 2 aromatic rings. The Balaban J connectivity index is 1.55. The Morgan fingerprint density at radius 2 is 1.69 bits per heavy atom. The summed E-state index contributed by atoms with van der Waals surface area (Å²) in [5.41, 5.74) is 2.29. The minimum absolute atomic E-state index is 0.0224. The molecule has 0 bridgehead atoms. The van der Waals surface area contributed by atoms with Crippen LogP contribution in [-0.2, 0) is 4.79 Å². The van der Waals surface area contributed by atoms with E-state index in [1.165, 1.54) is 0 Å². The third-order valence-corrected chi connectivity index (χ3v) is 5.34. The van der Waals surface area contributed by atoms with E-state index in [0.717, 1.165) is 5.56 Å². The molecular formula is C20H20Cl2N2O2. The topological polar surface area (TPSA) is 49.4 Å². The van der Waals surface area contributed by atoms with Gasteiger partial charge in [0.15, 0.2) is 0 Å².